The molecule has 1 heterocycles. The number of nitrogens with zero attached hydrogens (tertiary/aromatic N) is 2. The number of nitrogens with two attached hydrogens (primary N) is 1. The van der Waals surface area contributed by atoms with Crippen LogP contribution in [0.25, 0.3) is 0 Å². The topological polar surface area (TPSA) is 128 Å². The summed E-state index contributed by atoms with van der Waals surface area (Å²) in [7, 11) is 0. The van der Waals surface area contributed by atoms with Crippen molar-refractivity contribution in [2.24, 2.45) is 11.0 Å². The fraction of sp³-hybridized carbons (Fsp3) is 0.500. The Balaban J connectivity index is 2.35. The van der Waals surface area contributed by atoms with Gasteiger partial charge in [0.25, 0.3) is 0 Å². The molecule has 0 aliphatic carbocycles. The summed E-state index contributed by atoms with van der Waals surface area (Å²) in [5.74, 6) is -0.715. The molecule has 1 aliphatic rings. The molecule has 8 nitrogen and oxygen atoms in total. The summed E-state index contributed by atoms with van der Waals surface area (Å²) in [6.07, 6.45) is 4.17. The van der Waals surface area contributed by atoms with E-state index in [1.165, 1.54) is 6.07 Å². The summed E-state index contributed by atoms with van der Waals surface area (Å²) in [6.45, 7) is 3.87. The zero-order valence-electron chi connectivity index (χ0n) is 15.1. The zero-order valence-corrected chi connectivity index (χ0v) is 15.1. The molecule has 1 unspecified atom stereocenters. The monoisotopic (exact) mass is 360 g/mol. The fourth-order valence-corrected chi connectivity index (χ4v) is 3.08. The zero-order chi connectivity index (χ0) is 19.3. The van der Waals surface area contributed by atoms with E-state index in [1.54, 1.807) is 13.0 Å². The molecule has 140 valence electrons. The molecule has 0 bridgehead atoms. The lowest BCUT2D eigenvalue weighted by Crippen LogP contribution is -2.32. The number of carbonyl (C=O) groups excluding carboxylic acids is 2. The van der Waals surface area contributed by atoms with Crippen molar-refractivity contribution in [2.45, 2.75) is 52.4 Å². The molecule has 2 rings (SSSR count). The van der Waals surface area contributed by atoms with Gasteiger partial charge in [0.1, 0.15) is 5.69 Å². The summed E-state index contributed by atoms with van der Waals surface area (Å²) in [6, 6.07) is 3.02. The second-order valence-corrected chi connectivity index (χ2v) is 6.55. The Bertz CT molecular complexity index is 758. The molecule has 26 heavy (non-hydrogen) atoms. The quantitative estimate of drug-likeness (QED) is 0.242. The van der Waals surface area contributed by atoms with E-state index in [0.717, 1.165) is 19.3 Å². The van der Waals surface area contributed by atoms with Crippen LogP contribution in [0.4, 0.5) is 11.4 Å². The Morgan fingerprint density at radius 3 is 2.73 bits per heavy atom. The van der Waals surface area contributed by atoms with Crippen molar-refractivity contribution in [3.8, 4) is 0 Å². The summed E-state index contributed by atoms with van der Waals surface area (Å²) < 4.78 is 0. The number of benzene rings is 1. The van der Waals surface area contributed by atoms with Gasteiger partial charge in [-0.25, -0.2) is 5.43 Å². The summed E-state index contributed by atoms with van der Waals surface area (Å²) in [5, 5.41) is 15.6. The first-order chi connectivity index (χ1) is 12.4. The minimum atomic E-state index is -0.620. The van der Waals surface area contributed by atoms with Crippen LogP contribution in [0.3, 0.4) is 0 Å². The summed E-state index contributed by atoms with van der Waals surface area (Å²) >= 11 is 0. The van der Waals surface area contributed by atoms with Crippen LogP contribution < -0.4 is 11.2 Å². The number of hydrogen-bond acceptors (Lipinski definition) is 6. The molecule has 1 aromatic rings. The van der Waals surface area contributed by atoms with Crippen molar-refractivity contribution >= 4 is 28.8 Å². The SMILES string of the molecule is CCCCCCC(=O)c1ccc(C2=NNC(=O)CC2C)c(N)c1[N+](=O)[O-]. The molecule has 0 saturated heterocycles. The number of unbranched alkanes of at least 4 members (excludes halogenated alkanes) is 3. The molecule has 3 N–H and O–H groups in total. The van der Waals surface area contributed by atoms with Gasteiger partial charge in [0, 0.05) is 24.3 Å². The first kappa shape index (κ1) is 19.6. The third kappa shape index (κ3) is 4.25. The summed E-state index contributed by atoms with van der Waals surface area (Å²) in [5.41, 5.74) is 8.83. The predicted molar refractivity (Wildman–Crippen MR) is 99.1 cm³/mol. The van der Waals surface area contributed by atoms with Gasteiger partial charge in [0.05, 0.1) is 16.2 Å². The first-order valence-electron chi connectivity index (χ1n) is 8.83. The lowest BCUT2D eigenvalue weighted by Gasteiger charge is -2.20. The number of anilines is 1. The van der Waals surface area contributed by atoms with Crippen LogP contribution in [0.2, 0.25) is 0 Å². The molecule has 8 heteroatoms. The molecule has 1 aromatic carbocycles. The Hall–Kier alpha value is -2.77. The number of rotatable bonds is 8. The molecule has 1 amide bonds. The average Bonchev–Trinajstić information content (AvgIpc) is 2.58. The minimum absolute atomic E-state index is 0.0286. The van der Waals surface area contributed by atoms with Gasteiger partial charge in [-0.05, 0) is 18.6 Å². The minimum Gasteiger partial charge on any atom is -0.393 e. The smallest absolute Gasteiger partial charge is 0.303 e. The number of nitrogen functional groups attached to an aromatic ring is 1. The number of nitrogens with one attached hydrogen (secondary N) is 1. The van der Waals surface area contributed by atoms with Crippen molar-refractivity contribution < 1.29 is 14.5 Å². The van der Waals surface area contributed by atoms with Crippen LogP contribution in [-0.4, -0.2) is 22.3 Å². The highest BCUT2D eigenvalue weighted by atomic mass is 16.6. The highest BCUT2D eigenvalue weighted by Crippen LogP contribution is 2.33. The largest absolute Gasteiger partial charge is 0.393 e. The van der Waals surface area contributed by atoms with E-state index in [0.29, 0.717) is 17.7 Å². The maximum atomic E-state index is 12.4. The van der Waals surface area contributed by atoms with E-state index in [9.17, 15) is 19.7 Å². The Morgan fingerprint density at radius 1 is 1.38 bits per heavy atom. The molecule has 1 atom stereocenters. The average molecular weight is 360 g/mol. The van der Waals surface area contributed by atoms with E-state index in [-0.39, 0.29) is 47.4 Å². The van der Waals surface area contributed by atoms with Crippen molar-refractivity contribution in [1.82, 2.24) is 5.43 Å². The van der Waals surface area contributed by atoms with E-state index in [1.807, 2.05) is 0 Å². The van der Waals surface area contributed by atoms with Gasteiger partial charge in [-0.1, -0.05) is 33.1 Å². The number of nitro benzene ring substituents is 1. The predicted octanol–water partition coefficient (Wildman–Crippen LogP) is 3.19. The normalized spacial score (nSPS) is 16.8. The molecule has 0 radical (unpaired) electrons. The summed E-state index contributed by atoms with van der Waals surface area (Å²) in [4.78, 5) is 34.8. The van der Waals surface area contributed by atoms with E-state index in [2.05, 4.69) is 17.5 Å². The van der Waals surface area contributed by atoms with E-state index >= 15 is 0 Å². The fourth-order valence-electron chi connectivity index (χ4n) is 3.08. The van der Waals surface area contributed by atoms with Gasteiger partial charge in [-0.2, -0.15) is 5.10 Å². The number of nitro groups is 1. The Morgan fingerprint density at radius 2 is 2.12 bits per heavy atom. The molecule has 0 saturated carbocycles. The number of ketones is 1. The van der Waals surface area contributed by atoms with Crippen molar-refractivity contribution in [1.29, 1.82) is 0 Å². The van der Waals surface area contributed by atoms with Gasteiger partial charge < -0.3 is 5.73 Å². The van der Waals surface area contributed by atoms with E-state index < -0.39 is 4.92 Å². The standard InChI is InChI=1S/C18H24N4O4/c1-3-4-5-6-7-14(23)12-8-9-13(16(19)18(12)22(25)26)17-11(2)10-15(24)20-21-17/h8-9,11H,3-7,10,19H2,1-2H3,(H,20,24). The number of amides is 1. The van der Waals surface area contributed by atoms with E-state index in [4.69, 9.17) is 5.73 Å². The van der Waals surface area contributed by atoms with Gasteiger partial charge in [-0.3, -0.25) is 19.7 Å². The number of Topliss-reactive ketones (excluding diaryl/α,β-unsaturated/α-hetero) is 1. The maximum Gasteiger partial charge on any atom is 0.303 e. The van der Waals surface area contributed by atoms with Crippen molar-refractivity contribution in [2.75, 3.05) is 5.73 Å². The van der Waals surface area contributed by atoms with Crippen LogP contribution in [0.1, 0.15) is 68.3 Å². The lowest BCUT2D eigenvalue weighted by atomic mass is 9.90. The van der Waals surface area contributed by atoms with Crippen LogP contribution in [0, 0.1) is 16.0 Å². The van der Waals surface area contributed by atoms with Gasteiger partial charge in [0.2, 0.25) is 5.91 Å². The molecule has 0 aromatic heterocycles. The van der Waals surface area contributed by atoms with Crippen molar-refractivity contribution in [3.05, 3.63) is 33.4 Å². The van der Waals surface area contributed by atoms with Gasteiger partial charge >= 0.3 is 5.69 Å². The van der Waals surface area contributed by atoms with Gasteiger partial charge in [-0.15, -0.1) is 0 Å². The third-order valence-electron chi connectivity index (χ3n) is 4.49. The van der Waals surface area contributed by atoms with Crippen LogP contribution in [-0.2, 0) is 4.79 Å². The second-order valence-electron chi connectivity index (χ2n) is 6.55. The third-order valence-corrected chi connectivity index (χ3v) is 4.49. The number of hydrazone groups is 1. The Kier molecular flexibility index (Phi) is 6.43. The van der Waals surface area contributed by atoms with Crippen LogP contribution in [0.15, 0.2) is 17.2 Å². The highest BCUT2D eigenvalue weighted by molar-refractivity contribution is 6.12. The van der Waals surface area contributed by atoms with Crippen LogP contribution >= 0.6 is 0 Å². The molecular weight excluding hydrogens is 336 g/mol. The van der Waals surface area contributed by atoms with Gasteiger partial charge in [0.15, 0.2) is 5.78 Å². The second kappa shape index (κ2) is 8.55. The lowest BCUT2D eigenvalue weighted by molar-refractivity contribution is -0.384. The molecule has 0 fully saturated rings. The first-order valence-corrected chi connectivity index (χ1v) is 8.83. The molecular formula is C18H24N4O4. The highest BCUT2D eigenvalue weighted by Gasteiger charge is 2.30. The van der Waals surface area contributed by atoms with Crippen LogP contribution in [0.5, 0.6) is 0 Å². The maximum absolute atomic E-state index is 12.4. The number of carbonyl (C=O) groups is 2. The number of hydrogen-bond donors (Lipinski definition) is 2. The molecule has 0 spiro atoms. The molecule has 1 aliphatic heterocycles. The van der Waals surface area contributed by atoms with Crippen molar-refractivity contribution in [3.63, 3.8) is 0 Å². The Labute approximate surface area is 152 Å².